The molecule has 0 atom stereocenters. The highest BCUT2D eigenvalue weighted by molar-refractivity contribution is 5.86. The summed E-state index contributed by atoms with van der Waals surface area (Å²) in [5.41, 5.74) is 1.07. The second kappa shape index (κ2) is 5.37. The number of nitrogens with zero attached hydrogens (tertiary/aromatic N) is 2. The molecule has 0 radical (unpaired) electrons. The molecule has 1 aromatic heterocycles. The Morgan fingerprint density at radius 1 is 1.10 bits per heavy atom. The number of benzene rings is 2. The van der Waals surface area contributed by atoms with E-state index in [9.17, 15) is 0 Å². The van der Waals surface area contributed by atoms with Crippen LogP contribution in [0.1, 0.15) is 13.8 Å². The average Bonchev–Trinajstić information content (AvgIpc) is 2.85. The molecular weight excluding hydrogens is 246 g/mol. The first kappa shape index (κ1) is 12.7. The zero-order valence-electron chi connectivity index (χ0n) is 11.9. The van der Waals surface area contributed by atoms with Gasteiger partial charge in [-0.3, -0.25) is 0 Å². The van der Waals surface area contributed by atoms with Crippen LogP contribution in [0.4, 0.5) is 11.6 Å². The Kier molecular flexibility index (Phi) is 3.42. The summed E-state index contributed by atoms with van der Waals surface area (Å²) < 4.78 is 2.15. The zero-order chi connectivity index (χ0) is 13.9. The van der Waals surface area contributed by atoms with Crippen molar-refractivity contribution in [2.45, 2.75) is 20.4 Å². The normalized spacial score (nSPS) is 11.2. The van der Waals surface area contributed by atoms with Crippen molar-refractivity contribution in [1.82, 2.24) is 9.55 Å². The van der Waals surface area contributed by atoms with Crippen LogP contribution in [0, 0.1) is 5.92 Å². The molecule has 3 heteroatoms. The van der Waals surface area contributed by atoms with E-state index in [1.807, 2.05) is 12.4 Å². The van der Waals surface area contributed by atoms with Crippen LogP contribution < -0.4 is 5.32 Å². The number of rotatable bonds is 4. The Labute approximate surface area is 119 Å². The number of nitrogens with one attached hydrogen (secondary N) is 1. The van der Waals surface area contributed by atoms with Crippen LogP contribution in [0.5, 0.6) is 0 Å². The third kappa shape index (κ3) is 2.67. The molecule has 0 amide bonds. The lowest BCUT2D eigenvalue weighted by Gasteiger charge is -2.12. The highest BCUT2D eigenvalue weighted by Gasteiger charge is 2.05. The van der Waals surface area contributed by atoms with Crippen molar-refractivity contribution >= 4 is 22.4 Å². The van der Waals surface area contributed by atoms with E-state index in [-0.39, 0.29) is 0 Å². The highest BCUT2D eigenvalue weighted by Crippen LogP contribution is 2.22. The van der Waals surface area contributed by atoms with Gasteiger partial charge in [0.25, 0.3) is 0 Å². The van der Waals surface area contributed by atoms with E-state index in [0.29, 0.717) is 5.92 Å². The summed E-state index contributed by atoms with van der Waals surface area (Å²) in [6.07, 6.45) is 3.86. The standard InChI is InChI=1S/C17H19N3/c1-13(2)12-20-10-9-18-17(20)19-16-8-7-14-5-3-4-6-15(14)11-16/h3-11,13H,12H2,1-2H3,(H,18,19). The zero-order valence-corrected chi connectivity index (χ0v) is 11.9. The van der Waals surface area contributed by atoms with Crippen molar-refractivity contribution in [3.8, 4) is 0 Å². The van der Waals surface area contributed by atoms with Gasteiger partial charge in [0.1, 0.15) is 0 Å². The lowest BCUT2D eigenvalue weighted by Crippen LogP contribution is -2.07. The molecule has 3 aromatic rings. The summed E-state index contributed by atoms with van der Waals surface area (Å²) in [5.74, 6) is 1.50. The van der Waals surface area contributed by atoms with Gasteiger partial charge in [-0.05, 0) is 28.8 Å². The van der Waals surface area contributed by atoms with Gasteiger partial charge in [0.2, 0.25) is 5.95 Å². The Morgan fingerprint density at radius 2 is 1.90 bits per heavy atom. The Bertz CT molecular complexity index is 713. The molecule has 1 N–H and O–H groups in total. The fraction of sp³-hybridized carbons (Fsp3) is 0.235. The monoisotopic (exact) mass is 265 g/mol. The summed E-state index contributed by atoms with van der Waals surface area (Å²) in [7, 11) is 0. The second-order valence-corrected chi connectivity index (χ2v) is 5.48. The summed E-state index contributed by atoms with van der Waals surface area (Å²) in [4.78, 5) is 4.40. The predicted octanol–water partition coefficient (Wildman–Crippen LogP) is 4.44. The molecule has 0 saturated carbocycles. The minimum absolute atomic E-state index is 0.598. The molecule has 0 spiro atoms. The van der Waals surface area contributed by atoms with Crippen molar-refractivity contribution in [2.75, 3.05) is 5.32 Å². The van der Waals surface area contributed by atoms with E-state index in [2.05, 4.69) is 71.2 Å². The smallest absolute Gasteiger partial charge is 0.207 e. The van der Waals surface area contributed by atoms with Gasteiger partial charge in [-0.15, -0.1) is 0 Å². The molecule has 1 heterocycles. The van der Waals surface area contributed by atoms with Gasteiger partial charge in [-0.1, -0.05) is 44.2 Å². The largest absolute Gasteiger partial charge is 0.326 e. The number of imidazole rings is 1. The Balaban J connectivity index is 1.87. The van der Waals surface area contributed by atoms with Crippen molar-refractivity contribution < 1.29 is 0 Å². The molecule has 20 heavy (non-hydrogen) atoms. The molecule has 0 saturated heterocycles. The quantitative estimate of drug-likeness (QED) is 0.756. The first-order chi connectivity index (χ1) is 9.72. The maximum absolute atomic E-state index is 4.40. The molecule has 0 bridgehead atoms. The highest BCUT2D eigenvalue weighted by atomic mass is 15.2. The average molecular weight is 265 g/mol. The lowest BCUT2D eigenvalue weighted by atomic mass is 10.1. The van der Waals surface area contributed by atoms with Gasteiger partial charge in [-0.25, -0.2) is 4.98 Å². The molecule has 0 aliphatic heterocycles. The topological polar surface area (TPSA) is 29.9 Å². The molecule has 3 nitrogen and oxygen atoms in total. The van der Waals surface area contributed by atoms with Crippen LogP contribution in [0.25, 0.3) is 10.8 Å². The number of aromatic nitrogens is 2. The molecule has 0 aliphatic rings. The molecule has 0 fully saturated rings. The Hall–Kier alpha value is -2.29. The number of anilines is 2. The number of hydrogen-bond acceptors (Lipinski definition) is 2. The van der Waals surface area contributed by atoms with Crippen LogP contribution in [0.3, 0.4) is 0 Å². The van der Waals surface area contributed by atoms with Gasteiger partial charge in [0.05, 0.1) is 0 Å². The predicted molar refractivity (Wildman–Crippen MR) is 84.3 cm³/mol. The lowest BCUT2D eigenvalue weighted by molar-refractivity contribution is 0.527. The minimum Gasteiger partial charge on any atom is -0.326 e. The molecule has 2 aromatic carbocycles. The van der Waals surface area contributed by atoms with Crippen molar-refractivity contribution in [1.29, 1.82) is 0 Å². The first-order valence-corrected chi connectivity index (χ1v) is 6.99. The maximum atomic E-state index is 4.40. The van der Waals surface area contributed by atoms with Crippen LogP contribution >= 0.6 is 0 Å². The molecular formula is C17H19N3. The van der Waals surface area contributed by atoms with Gasteiger partial charge in [-0.2, -0.15) is 0 Å². The van der Waals surface area contributed by atoms with Crippen LogP contribution in [-0.2, 0) is 6.54 Å². The van der Waals surface area contributed by atoms with E-state index < -0.39 is 0 Å². The van der Waals surface area contributed by atoms with Crippen LogP contribution in [0.15, 0.2) is 54.9 Å². The minimum atomic E-state index is 0.598. The maximum Gasteiger partial charge on any atom is 0.207 e. The van der Waals surface area contributed by atoms with Crippen molar-refractivity contribution in [3.63, 3.8) is 0 Å². The number of fused-ring (bicyclic) bond motifs is 1. The van der Waals surface area contributed by atoms with Gasteiger partial charge in [0.15, 0.2) is 0 Å². The van der Waals surface area contributed by atoms with Crippen LogP contribution in [0.2, 0.25) is 0 Å². The Morgan fingerprint density at radius 3 is 2.70 bits per heavy atom. The van der Waals surface area contributed by atoms with E-state index in [4.69, 9.17) is 0 Å². The molecule has 0 aliphatic carbocycles. The fourth-order valence-electron chi connectivity index (χ4n) is 2.37. The van der Waals surface area contributed by atoms with Crippen molar-refractivity contribution in [2.24, 2.45) is 5.92 Å². The summed E-state index contributed by atoms with van der Waals surface area (Å²) in [6, 6.07) is 14.8. The van der Waals surface area contributed by atoms with Gasteiger partial charge in [0, 0.05) is 24.6 Å². The molecule has 3 rings (SSSR count). The van der Waals surface area contributed by atoms with E-state index in [0.717, 1.165) is 18.2 Å². The third-order valence-corrected chi connectivity index (χ3v) is 3.28. The SMILES string of the molecule is CC(C)Cn1ccnc1Nc1ccc2ccccc2c1. The number of hydrogen-bond donors (Lipinski definition) is 1. The van der Waals surface area contributed by atoms with E-state index in [1.165, 1.54) is 10.8 Å². The molecule has 102 valence electrons. The summed E-state index contributed by atoms with van der Waals surface area (Å²) in [5, 5.41) is 5.89. The van der Waals surface area contributed by atoms with E-state index in [1.54, 1.807) is 0 Å². The first-order valence-electron chi connectivity index (χ1n) is 6.99. The second-order valence-electron chi connectivity index (χ2n) is 5.48. The van der Waals surface area contributed by atoms with Crippen molar-refractivity contribution in [3.05, 3.63) is 54.9 Å². The van der Waals surface area contributed by atoms with Gasteiger partial charge < -0.3 is 9.88 Å². The summed E-state index contributed by atoms with van der Waals surface area (Å²) >= 11 is 0. The van der Waals surface area contributed by atoms with E-state index >= 15 is 0 Å². The summed E-state index contributed by atoms with van der Waals surface area (Å²) in [6.45, 7) is 5.38. The van der Waals surface area contributed by atoms with Crippen LogP contribution in [-0.4, -0.2) is 9.55 Å². The fourth-order valence-corrected chi connectivity index (χ4v) is 2.37. The third-order valence-electron chi connectivity index (χ3n) is 3.28. The molecule has 0 unspecified atom stereocenters. The van der Waals surface area contributed by atoms with Gasteiger partial charge >= 0.3 is 0 Å².